The van der Waals surface area contributed by atoms with Crippen LogP contribution in [0.2, 0.25) is 5.02 Å². The van der Waals surface area contributed by atoms with Gasteiger partial charge in [-0.3, -0.25) is 9.78 Å². The van der Waals surface area contributed by atoms with E-state index in [2.05, 4.69) is 10.3 Å². The van der Waals surface area contributed by atoms with Crippen molar-refractivity contribution >= 4 is 23.7 Å². The number of halogens is 2. The van der Waals surface area contributed by atoms with E-state index in [9.17, 15) is 9.59 Å². The van der Waals surface area contributed by atoms with Crippen molar-refractivity contribution in [3.63, 3.8) is 0 Å². The van der Waals surface area contributed by atoms with Crippen LogP contribution in [-0.2, 0) is 4.79 Å². The molecule has 26 heavy (non-hydrogen) atoms. The molecule has 0 saturated carbocycles. The maximum Gasteiger partial charge on any atom is 0.199 e. The minimum absolute atomic E-state index is 0.0575. The number of aldehydes is 1. The molecular weight excluding hydrogens is 355 g/mol. The first-order chi connectivity index (χ1) is 12.3. The fourth-order valence-electron chi connectivity index (χ4n) is 2.83. The minimum atomic E-state index is -0.646. The average molecular weight is 377 g/mol. The molecule has 0 spiro atoms. The van der Waals surface area contributed by atoms with E-state index in [0.717, 1.165) is 6.29 Å². The summed E-state index contributed by atoms with van der Waals surface area (Å²) in [6, 6.07) is 5.93. The van der Waals surface area contributed by atoms with E-state index in [-0.39, 0.29) is 22.2 Å². The first-order valence-electron chi connectivity index (χ1n) is 8.44. The molecule has 1 heterocycles. The predicted octanol–water partition coefficient (Wildman–Crippen LogP) is 4.51. The molecular formula is C20H22ClFN2O2. The number of pyridine rings is 1. The number of carbonyl (C=O) groups is 2. The minimum Gasteiger partial charge on any atom is -0.304 e. The molecule has 0 aliphatic carbocycles. The second kappa shape index (κ2) is 8.52. The average Bonchev–Trinajstić information content (AvgIpc) is 2.61. The van der Waals surface area contributed by atoms with Crippen LogP contribution < -0.4 is 5.32 Å². The summed E-state index contributed by atoms with van der Waals surface area (Å²) >= 11 is 6.13. The van der Waals surface area contributed by atoms with Gasteiger partial charge in [0.2, 0.25) is 0 Å². The van der Waals surface area contributed by atoms with Crippen molar-refractivity contribution in [3.05, 3.63) is 64.2 Å². The van der Waals surface area contributed by atoms with Gasteiger partial charge in [0.15, 0.2) is 5.78 Å². The van der Waals surface area contributed by atoms with Crippen LogP contribution in [0.3, 0.4) is 0 Å². The summed E-state index contributed by atoms with van der Waals surface area (Å²) in [7, 11) is 0. The zero-order valence-electron chi connectivity index (χ0n) is 15.1. The molecule has 0 saturated heterocycles. The van der Waals surface area contributed by atoms with Crippen molar-refractivity contribution in [2.75, 3.05) is 0 Å². The zero-order valence-corrected chi connectivity index (χ0v) is 15.8. The van der Waals surface area contributed by atoms with Gasteiger partial charge in [0, 0.05) is 41.5 Å². The van der Waals surface area contributed by atoms with E-state index in [4.69, 9.17) is 11.6 Å². The summed E-state index contributed by atoms with van der Waals surface area (Å²) in [5.41, 5.74) is -0.0383. The Morgan fingerprint density at radius 3 is 2.69 bits per heavy atom. The molecule has 0 aliphatic heterocycles. The zero-order chi connectivity index (χ0) is 19.3. The first-order valence-corrected chi connectivity index (χ1v) is 8.82. The molecule has 1 aromatic heterocycles. The van der Waals surface area contributed by atoms with Gasteiger partial charge in [-0.05, 0) is 38.5 Å². The summed E-state index contributed by atoms with van der Waals surface area (Å²) < 4.78 is 15.2. The second-order valence-corrected chi connectivity index (χ2v) is 7.16. The third-order valence-corrected chi connectivity index (χ3v) is 4.53. The summed E-state index contributed by atoms with van der Waals surface area (Å²) in [6.45, 7) is 5.66. The van der Waals surface area contributed by atoms with Gasteiger partial charge < -0.3 is 10.1 Å². The van der Waals surface area contributed by atoms with E-state index in [0.29, 0.717) is 18.4 Å². The van der Waals surface area contributed by atoms with E-state index < -0.39 is 17.1 Å². The Morgan fingerprint density at radius 2 is 2.12 bits per heavy atom. The van der Waals surface area contributed by atoms with Gasteiger partial charge in [-0.1, -0.05) is 24.6 Å². The SMILES string of the molecule is CC[C@@H](NC(C)(C)CC=O)c1ccc(Cl)c(C(=O)c2cccnc2)c1F. The smallest absolute Gasteiger partial charge is 0.199 e. The number of benzene rings is 1. The molecule has 0 aliphatic rings. The van der Waals surface area contributed by atoms with Crippen molar-refractivity contribution in [1.82, 2.24) is 10.3 Å². The lowest BCUT2D eigenvalue weighted by atomic mass is 9.93. The number of ketones is 1. The molecule has 1 atom stereocenters. The summed E-state index contributed by atoms with van der Waals surface area (Å²) in [6.07, 6.45) is 4.63. The Kier molecular flexibility index (Phi) is 6.62. The maximum absolute atomic E-state index is 15.2. The van der Waals surface area contributed by atoms with Crippen LogP contribution in [0.1, 0.15) is 61.1 Å². The van der Waals surface area contributed by atoms with Crippen LogP contribution in [0, 0.1) is 5.82 Å². The summed E-state index contributed by atoms with van der Waals surface area (Å²) in [4.78, 5) is 27.5. The van der Waals surface area contributed by atoms with Crippen molar-refractivity contribution < 1.29 is 14.0 Å². The Balaban J connectivity index is 2.45. The lowest BCUT2D eigenvalue weighted by Gasteiger charge is -2.31. The number of aromatic nitrogens is 1. The highest BCUT2D eigenvalue weighted by atomic mass is 35.5. The highest BCUT2D eigenvalue weighted by Gasteiger charge is 2.27. The van der Waals surface area contributed by atoms with Gasteiger partial charge in [-0.15, -0.1) is 0 Å². The Bertz CT molecular complexity index is 794. The molecule has 6 heteroatoms. The van der Waals surface area contributed by atoms with Crippen molar-refractivity contribution in [2.24, 2.45) is 0 Å². The van der Waals surface area contributed by atoms with Crippen LogP contribution >= 0.6 is 11.6 Å². The number of nitrogens with one attached hydrogen (secondary N) is 1. The third-order valence-electron chi connectivity index (χ3n) is 4.21. The number of rotatable bonds is 8. The van der Waals surface area contributed by atoms with Crippen LogP contribution in [0.4, 0.5) is 4.39 Å². The van der Waals surface area contributed by atoms with E-state index in [1.807, 2.05) is 20.8 Å². The van der Waals surface area contributed by atoms with Crippen molar-refractivity contribution in [1.29, 1.82) is 0 Å². The lowest BCUT2D eigenvalue weighted by Crippen LogP contribution is -2.42. The van der Waals surface area contributed by atoms with Gasteiger partial charge in [0.05, 0.1) is 10.6 Å². The molecule has 2 aromatic rings. The molecule has 0 radical (unpaired) electrons. The number of hydrogen-bond donors (Lipinski definition) is 1. The fraction of sp³-hybridized carbons (Fsp3) is 0.350. The Morgan fingerprint density at radius 1 is 1.38 bits per heavy atom. The number of hydrogen-bond acceptors (Lipinski definition) is 4. The molecule has 0 amide bonds. The molecule has 0 bridgehead atoms. The van der Waals surface area contributed by atoms with Crippen LogP contribution in [-0.4, -0.2) is 22.6 Å². The Labute approximate surface area is 157 Å². The highest BCUT2D eigenvalue weighted by Crippen LogP contribution is 2.30. The quantitative estimate of drug-likeness (QED) is 0.543. The molecule has 1 aromatic carbocycles. The largest absolute Gasteiger partial charge is 0.304 e. The van der Waals surface area contributed by atoms with Crippen molar-refractivity contribution in [3.8, 4) is 0 Å². The van der Waals surface area contributed by atoms with Gasteiger partial charge in [0.1, 0.15) is 12.1 Å². The van der Waals surface area contributed by atoms with E-state index in [1.54, 1.807) is 18.2 Å². The number of nitrogens with zero attached hydrogens (tertiary/aromatic N) is 1. The van der Waals surface area contributed by atoms with Gasteiger partial charge in [-0.2, -0.15) is 0 Å². The molecule has 0 fully saturated rings. The maximum atomic E-state index is 15.2. The predicted molar refractivity (Wildman–Crippen MR) is 100 cm³/mol. The van der Waals surface area contributed by atoms with Crippen LogP contribution in [0.25, 0.3) is 0 Å². The van der Waals surface area contributed by atoms with Gasteiger partial charge in [-0.25, -0.2) is 4.39 Å². The van der Waals surface area contributed by atoms with Gasteiger partial charge in [0.25, 0.3) is 0 Å². The standard InChI is InChI=1S/C20H22ClFN2O2/c1-4-16(24-20(2,3)9-11-25)14-7-8-15(21)17(18(14)22)19(26)13-6-5-10-23-12-13/h5-8,10-12,16,24H,4,9H2,1-3H3/t16-/m1/s1. The second-order valence-electron chi connectivity index (χ2n) is 6.76. The third kappa shape index (κ3) is 4.54. The van der Waals surface area contributed by atoms with E-state index >= 15 is 4.39 Å². The topological polar surface area (TPSA) is 59.1 Å². The highest BCUT2D eigenvalue weighted by molar-refractivity contribution is 6.35. The monoisotopic (exact) mass is 376 g/mol. The molecule has 4 nitrogen and oxygen atoms in total. The fourth-order valence-corrected chi connectivity index (χ4v) is 3.06. The Hall–Kier alpha value is -2.11. The molecule has 2 rings (SSSR count). The van der Waals surface area contributed by atoms with Gasteiger partial charge >= 0.3 is 0 Å². The van der Waals surface area contributed by atoms with Crippen LogP contribution in [0.15, 0.2) is 36.7 Å². The van der Waals surface area contributed by atoms with Crippen molar-refractivity contribution in [2.45, 2.75) is 45.2 Å². The van der Waals surface area contributed by atoms with E-state index in [1.165, 1.54) is 18.5 Å². The van der Waals surface area contributed by atoms with Crippen LogP contribution in [0.5, 0.6) is 0 Å². The molecule has 138 valence electrons. The summed E-state index contributed by atoms with van der Waals surface area (Å²) in [5, 5.41) is 3.35. The molecule has 0 unspecified atom stereocenters. The lowest BCUT2D eigenvalue weighted by molar-refractivity contribution is -0.108. The number of carbonyl (C=O) groups excluding carboxylic acids is 2. The summed E-state index contributed by atoms with van der Waals surface area (Å²) in [5.74, 6) is -1.16. The normalized spacial score (nSPS) is 12.7. The molecule has 1 N–H and O–H groups in total. The first kappa shape index (κ1) is 20.2.